The average Bonchev–Trinajstić information content (AvgIpc) is 2.87. The van der Waals surface area contributed by atoms with E-state index in [1.807, 2.05) is 6.92 Å². The lowest BCUT2D eigenvalue weighted by molar-refractivity contribution is 0.149. The summed E-state index contributed by atoms with van der Waals surface area (Å²) in [4.78, 5) is 4.78. The van der Waals surface area contributed by atoms with Crippen LogP contribution in [0.1, 0.15) is 12.7 Å². The van der Waals surface area contributed by atoms with Crippen LogP contribution in [0.25, 0.3) is 10.8 Å². The third-order valence-electron chi connectivity index (χ3n) is 1.98. The minimum atomic E-state index is 0.171. The molecule has 0 aromatic carbocycles. The Morgan fingerprint density at radius 2 is 2.44 bits per heavy atom. The van der Waals surface area contributed by atoms with Gasteiger partial charge in [0, 0.05) is 13.0 Å². The number of ether oxygens (including phenoxy) is 1. The van der Waals surface area contributed by atoms with Gasteiger partial charge in [0.25, 0.3) is 5.89 Å². The highest BCUT2D eigenvalue weighted by molar-refractivity contribution is 7.13. The molecule has 16 heavy (non-hydrogen) atoms. The Morgan fingerprint density at radius 3 is 3.12 bits per heavy atom. The number of thiophene rings is 1. The van der Waals surface area contributed by atoms with Gasteiger partial charge >= 0.3 is 0 Å². The topological polar surface area (TPSA) is 68.4 Å². The van der Waals surface area contributed by atoms with Gasteiger partial charge in [-0.15, -0.1) is 11.3 Å². The summed E-state index contributed by atoms with van der Waals surface area (Å²) in [7, 11) is 0. The first-order valence-corrected chi connectivity index (χ1v) is 5.86. The monoisotopic (exact) mass is 240 g/mol. The molecule has 0 aliphatic carbocycles. The second-order valence-corrected chi connectivity index (χ2v) is 4.01. The van der Waals surface area contributed by atoms with Crippen molar-refractivity contribution in [2.45, 2.75) is 13.3 Å². The molecule has 2 aromatic rings. The Kier molecular flexibility index (Phi) is 3.53. The van der Waals surface area contributed by atoms with Crippen LogP contribution in [0.2, 0.25) is 0 Å². The fourth-order valence-corrected chi connectivity index (χ4v) is 1.92. The Hall–Kier alpha value is -1.40. The zero-order chi connectivity index (χ0) is 11.4. The highest BCUT2D eigenvalue weighted by Crippen LogP contribution is 2.32. The molecule has 2 heterocycles. The molecule has 0 amide bonds. The van der Waals surface area contributed by atoms with Gasteiger partial charge in [-0.25, -0.2) is 0 Å². The van der Waals surface area contributed by atoms with Crippen LogP contribution >= 0.6 is 11.3 Å². The summed E-state index contributed by atoms with van der Waals surface area (Å²) in [6.07, 6.45) is 0.615. The van der Waals surface area contributed by atoms with Gasteiger partial charge in [-0.05, 0) is 18.4 Å². The van der Waals surface area contributed by atoms with Crippen molar-refractivity contribution in [3.63, 3.8) is 0 Å². The molecule has 2 aromatic heterocycles. The Balaban J connectivity index is 2.05. The van der Waals surface area contributed by atoms with Gasteiger partial charge in [0.1, 0.15) is 10.6 Å². The van der Waals surface area contributed by atoms with Crippen LogP contribution in [0.3, 0.4) is 0 Å². The third kappa shape index (κ3) is 2.40. The summed E-state index contributed by atoms with van der Waals surface area (Å²) in [6, 6.07) is 1.60. The van der Waals surface area contributed by atoms with E-state index in [9.17, 15) is 5.11 Å². The fraction of sp³-hybridized carbons (Fsp3) is 0.400. The van der Waals surface area contributed by atoms with E-state index in [2.05, 4.69) is 10.1 Å². The molecular weight excluding hydrogens is 228 g/mol. The van der Waals surface area contributed by atoms with Crippen molar-refractivity contribution in [2.24, 2.45) is 0 Å². The SMILES string of the molecule is CCOCCc1noc(-c2sccc2O)n1. The number of aromatic nitrogens is 2. The predicted molar refractivity (Wildman–Crippen MR) is 59.5 cm³/mol. The van der Waals surface area contributed by atoms with Crippen LogP contribution in [0.5, 0.6) is 5.75 Å². The third-order valence-corrected chi connectivity index (χ3v) is 2.87. The highest BCUT2D eigenvalue weighted by Gasteiger charge is 2.13. The lowest BCUT2D eigenvalue weighted by Crippen LogP contribution is -1.99. The Labute approximate surface area is 96.7 Å². The maximum atomic E-state index is 9.49. The average molecular weight is 240 g/mol. The molecule has 0 spiro atoms. The lowest BCUT2D eigenvalue weighted by atomic mass is 10.4. The van der Waals surface area contributed by atoms with Crippen LogP contribution < -0.4 is 0 Å². The van der Waals surface area contributed by atoms with E-state index in [4.69, 9.17) is 9.26 Å². The molecule has 0 saturated carbocycles. The first-order valence-electron chi connectivity index (χ1n) is 4.98. The van der Waals surface area contributed by atoms with Crippen LogP contribution in [0, 0.1) is 0 Å². The number of rotatable bonds is 5. The lowest BCUT2D eigenvalue weighted by Gasteiger charge is -1.94. The summed E-state index contributed by atoms with van der Waals surface area (Å²) >= 11 is 1.37. The van der Waals surface area contributed by atoms with Gasteiger partial charge in [-0.1, -0.05) is 5.16 Å². The summed E-state index contributed by atoms with van der Waals surface area (Å²) in [6.45, 7) is 3.19. The number of hydrogen-bond donors (Lipinski definition) is 1. The van der Waals surface area contributed by atoms with Crippen molar-refractivity contribution in [3.8, 4) is 16.5 Å². The fourth-order valence-electron chi connectivity index (χ4n) is 1.22. The molecule has 2 rings (SSSR count). The summed E-state index contributed by atoms with van der Waals surface area (Å²) in [5.74, 6) is 1.13. The van der Waals surface area contributed by atoms with Gasteiger partial charge in [0.15, 0.2) is 5.82 Å². The summed E-state index contributed by atoms with van der Waals surface area (Å²) in [5, 5.41) is 15.1. The molecule has 0 radical (unpaired) electrons. The molecule has 0 bridgehead atoms. The van der Waals surface area contributed by atoms with E-state index in [0.717, 1.165) is 0 Å². The first-order chi connectivity index (χ1) is 7.81. The summed E-state index contributed by atoms with van der Waals surface area (Å²) < 4.78 is 10.2. The summed E-state index contributed by atoms with van der Waals surface area (Å²) in [5.41, 5.74) is 0. The number of nitrogens with zero attached hydrogens (tertiary/aromatic N) is 2. The second kappa shape index (κ2) is 5.09. The smallest absolute Gasteiger partial charge is 0.271 e. The van der Waals surface area contributed by atoms with Gasteiger partial charge in [-0.2, -0.15) is 4.98 Å². The van der Waals surface area contributed by atoms with Crippen molar-refractivity contribution in [1.29, 1.82) is 0 Å². The minimum Gasteiger partial charge on any atom is -0.506 e. The van der Waals surface area contributed by atoms with Crippen molar-refractivity contribution in [2.75, 3.05) is 13.2 Å². The maximum absolute atomic E-state index is 9.49. The molecule has 0 aliphatic heterocycles. The molecular formula is C10H12N2O3S. The zero-order valence-electron chi connectivity index (χ0n) is 8.84. The minimum absolute atomic E-state index is 0.171. The van der Waals surface area contributed by atoms with Crippen LogP contribution in [-0.4, -0.2) is 28.5 Å². The number of hydrogen-bond acceptors (Lipinski definition) is 6. The van der Waals surface area contributed by atoms with Crippen LogP contribution in [0.15, 0.2) is 16.0 Å². The van der Waals surface area contributed by atoms with Crippen LogP contribution in [0.4, 0.5) is 0 Å². The Bertz CT molecular complexity index is 452. The molecule has 0 saturated heterocycles. The molecule has 6 heteroatoms. The largest absolute Gasteiger partial charge is 0.506 e. The van der Waals surface area contributed by atoms with E-state index in [1.54, 1.807) is 11.4 Å². The van der Waals surface area contributed by atoms with Crippen molar-refractivity contribution < 1.29 is 14.4 Å². The first kappa shape index (κ1) is 11.1. The maximum Gasteiger partial charge on any atom is 0.271 e. The molecule has 86 valence electrons. The van der Waals surface area contributed by atoms with Gasteiger partial charge in [-0.3, -0.25) is 0 Å². The molecule has 0 atom stereocenters. The van der Waals surface area contributed by atoms with Crippen molar-refractivity contribution in [1.82, 2.24) is 10.1 Å². The Morgan fingerprint density at radius 1 is 1.56 bits per heavy atom. The van der Waals surface area contributed by atoms with Crippen LogP contribution in [-0.2, 0) is 11.2 Å². The van der Waals surface area contributed by atoms with E-state index < -0.39 is 0 Å². The van der Waals surface area contributed by atoms with Gasteiger partial charge in [0.2, 0.25) is 0 Å². The van der Waals surface area contributed by atoms with E-state index >= 15 is 0 Å². The predicted octanol–water partition coefficient (Wildman–Crippen LogP) is 2.08. The van der Waals surface area contributed by atoms with Gasteiger partial charge < -0.3 is 14.4 Å². The highest BCUT2D eigenvalue weighted by atomic mass is 32.1. The van der Waals surface area contributed by atoms with E-state index in [1.165, 1.54) is 11.3 Å². The quantitative estimate of drug-likeness (QED) is 0.810. The van der Waals surface area contributed by atoms with Crippen molar-refractivity contribution in [3.05, 3.63) is 17.3 Å². The normalized spacial score (nSPS) is 10.8. The molecule has 0 fully saturated rings. The van der Waals surface area contributed by atoms with Crippen molar-refractivity contribution >= 4 is 11.3 Å². The van der Waals surface area contributed by atoms with Gasteiger partial charge in [0.05, 0.1) is 6.61 Å². The van der Waals surface area contributed by atoms with E-state index in [-0.39, 0.29) is 5.75 Å². The molecule has 0 aliphatic rings. The standard InChI is InChI=1S/C10H12N2O3S/c1-2-14-5-3-8-11-10(15-12-8)9-7(13)4-6-16-9/h4,6,13H,2-3,5H2,1H3. The second-order valence-electron chi connectivity index (χ2n) is 3.10. The van der Waals surface area contributed by atoms with E-state index in [0.29, 0.717) is 36.2 Å². The molecule has 1 N–H and O–H groups in total. The molecule has 5 nitrogen and oxygen atoms in total. The number of aromatic hydroxyl groups is 1. The molecule has 0 unspecified atom stereocenters. The zero-order valence-corrected chi connectivity index (χ0v) is 9.66.